The van der Waals surface area contributed by atoms with Crippen molar-refractivity contribution in [1.29, 1.82) is 0 Å². The van der Waals surface area contributed by atoms with Crippen LogP contribution >= 0.6 is 0 Å². The van der Waals surface area contributed by atoms with Gasteiger partial charge in [-0.3, -0.25) is 4.79 Å². The van der Waals surface area contributed by atoms with Gasteiger partial charge in [0.2, 0.25) is 0 Å². The Morgan fingerprint density at radius 3 is 2.37 bits per heavy atom. The summed E-state index contributed by atoms with van der Waals surface area (Å²) in [6.45, 7) is 5.53. The van der Waals surface area contributed by atoms with Crippen LogP contribution in [0.2, 0.25) is 0 Å². The fourth-order valence-electron chi connectivity index (χ4n) is 8.10. The Morgan fingerprint density at radius 1 is 1.03 bits per heavy atom. The monoisotopic (exact) mass is 421 g/mol. The highest BCUT2D eigenvalue weighted by molar-refractivity contribution is 5.66. The van der Waals surface area contributed by atoms with Gasteiger partial charge in [0.05, 0.1) is 6.10 Å². The van der Waals surface area contributed by atoms with Gasteiger partial charge in [-0.1, -0.05) is 13.8 Å². The van der Waals surface area contributed by atoms with Crippen molar-refractivity contribution in [2.24, 2.45) is 46.2 Å². The van der Waals surface area contributed by atoms with Gasteiger partial charge < -0.3 is 20.7 Å². The summed E-state index contributed by atoms with van der Waals surface area (Å²) in [5.41, 5.74) is 5.92. The van der Waals surface area contributed by atoms with Gasteiger partial charge in [0.25, 0.3) is 0 Å². The summed E-state index contributed by atoms with van der Waals surface area (Å²) in [6, 6.07) is 0. The van der Waals surface area contributed by atoms with E-state index in [1.807, 2.05) is 0 Å². The molecule has 0 bridgehead atoms. The van der Waals surface area contributed by atoms with Crippen molar-refractivity contribution >= 4 is 12.3 Å². The average Bonchev–Trinajstić information content (AvgIpc) is 3.04. The first-order chi connectivity index (χ1) is 14.3. The third-order valence-electron chi connectivity index (χ3n) is 9.81. The molecule has 0 aromatic carbocycles. The van der Waals surface area contributed by atoms with Crippen molar-refractivity contribution in [3.05, 3.63) is 0 Å². The van der Waals surface area contributed by atoms with Crippen molar-refractivity contribution < 1.29 is 19.8 Å². The Morgan fingerprint density at radius 2 is 1.73 bits per heavy atom. The van der Waals surface area contributed by atoms with E-state index in [0.717, 1.165) is 42.9 Å². The second kappa shape index (κ2) is 9.68. The molecule has 0 aliphatic heterocycles. The van der Waals surface area contributed by atoms with Crippen molar-refractivity contribution in [2.75, 3.05) is 6.54 Å². The molecule has 4 saturated carbocycles. The fraction of sp³-hybridized carbons (Fsp3) is 0.920. The standard InChI is InChI=1S/C21H34O2.C4H9NO2/c1-20-11-8-19-17(18(20)6-4-14(20)9-12-22)5-3-15-13-16(23)7-10-21(15,19)2;5-3-1-2-4(6)7/h12,14-19,23H,3-11,13H2,1-2H3;1-3,5H2,(H,6,7)/t14-,15+,16-,17+,18+,19+,20-,21+;/m1./s1. The lowest BCUT2D eigenvalue weighted by molar-refractivity contribution is -0.137. The van der Waals surface area contributed by atoms with Gasteiger partial charge in [-0.2, -0.15) is 0 Å². The summed E-state index contributed by atoms with van der Waals surface area (Å²) in [4.78, 5) is 20.8. The quantitative estimate of drug-likeness (QED) is 0.571. The number of aliphatic hydroxyl groups is 1. The molecule has 4 N–H and O–H groups in total. The molecule has 8 atom stereocenters. The number of carboxylic acid groups (broad SMARTS) is 1. The molecule has 0 radical (unpaired) electrons. The zero-order chi connectivity index (χ0) is 21.9. The maximum Gasteiger partial charge on any atom is 0.303 e. The summed E-state index contributed by atoms with van der Waals surface area (Å²) < 4.78 is 0. The van der Waals surface area contributed by atoms with Crippen LogP contribution in [0.5, 0.6) is 0 Å². The van der Waals surface area contributed by atoms with E-state index in [4.69, 9.17) is 10.8 Å². The number of carbonyl (C=O) groups is 2. The number of carboxylic acids is 1. The molecule has 0 aromatic heterocycles. The molecule has 30 heavy (non-hydrogen) atoms. The van der Waals surface area contributed by atoms with E-state index in [1.54, 1.807) is 0 Å². The van der Waals surface area contributed by atoms with Crippen molar-refractivity contribution in [2.45, 2.75) is 97.0 Å². The average molecular weight is 422 g/mol. The first-order valence-electron chi connectivity index (χ1n) is 12.3. The largest absolute Gasteiger partial charge is 0.481 e. The van der Waals surface area contributed by atoms with Gasteiger partial charge in [-0.05, 0) is 111 Å². The number of aldehydes is 1. The van der Waals surface area contributed by atoms with Gasteiger partial charge in [-0.15, -0.1) is 0 Å². The molecule has 4 fully saturated rings. The summed E-state index contributed by atoms with van der Waals surface area (Å²) in [6.07, 6.45) is 14.1. The fourth-order valence-corrected chi connectivity index (χ4v) is 8.10. The molecule has 0 heterocycles. The number of aliphatic carboxylic acids is 1. The molecule has 4 aliphatic rings. The van der Waals surface area contributed by atoms with Crippen LogP contribution in [0.25, 0.3) is 0 Å². The Balaban J connectivity index is 0.000000318. The topological polar surface area (TPSA) is 101 Å². The third kappa shape index (κ3) is 4.48. The van der Waals surface area contributed by atoms with Gasteiger partial charge >= 0.3 is 5.97 Å². The Labute approximate surface area is 182 Å². The molecule has 0 saturated heterocycles. The van der Waals surface area contributed by atoms with Crippen LogP contribution in [0.3, 0.4) is 0 Å². The summed E-state index contributed by atoms with van der Waals surface area (Å²) >= 11 is 0. The van der Waals surface area contributed by atoms with E-state index < -0.39 is 5.97 Å². The van der Waals surface area contributed by atoms with E-state index >= 15 is 0 Å². The van der Waals surface area contributed by atoms with Crippen LogP contribution in [0.4, 0.5) is 0 Å². The predicted molar refractivity (Wildman–Crippen MR) is 118 cm³/mol. The number of carbonyl (C=O) groups excluding carboxylic acids is 1. The molecule has 4 aliphatic carbocycles. The summed E-state index contributed by atoms with van der Waals surface area (Å²) in [7, 11) is 0. The number of hydrogen-bond donors (Lipinski definition) is 3. The van der Waals surface area contributed by atoms with Crippen LogP contribution < -0.4 is 5.73 Å². The molecule has 5 nitrogen and oxygen atoms in total. The van der Waals surface area contributed by atoms with E-state index in [2.05, 4.69) is 13.8 Å². The van der Waals surface area contributed by atoms with Crippen LogP contribution in [0, 0.1) is 40.4 Å². The molecule has 0 unspecified atom stereocenters. The van der Waals surface area contributed by atoms with E-state index in [0.29, 0.717) is 29.7 Å². The smallest absolute Gasteiger partial charge is 0.303 e. The Hall–Kier alpha value is -0.940. The number of rotatable bonds is 5. The first-order valence-corrected chi connectivity index (χ1v) is 12.3. The van der Waals surface area contributed by atoms with Gasteiger partial charge in [0.15, 0.2) is 0 Å². The third-order valence-corrected chi connectivity index (χ3v) is 9.81. The summed E-state index contributed by atoms with van der Waals surface area (Å²) in [5.74, 6) is 3.25. The minimum absolute atomic E-state index is 0.0399. The first kappa shape index (κ1) is 23.7. The van der Waals surface area contributed by atoms with Crippen molar-refractivity contribution in [3.63, 3.8) is 0 Å². The van der Waals surface area contributed by atoms with Crippen LogP contribution in [-0.2, 0) is 9.59 Å². The molecule has 0 spiro atoms. The van der Waals surface area contributed by atoms with E-state index in [1.165, 1.54) is 51.2 Å². The highest BCUT2D eigenvalue weighted by atomic mass is 16.4. The van der Waals surface area contributed by atoms with Gasteiger partial charge in [-0.25, -0.2) is 0 Å². The SMILES string of the molecule is C[C@]12CC[C@@H](O)C[C@@H]1CC[C@@H]1[C@@H]2CC[C@]2(C)[C@@H](CC=O)CC[C@@H]12.NCCCC(=O)O. The number of fused-ring (bicyclic) bond motifs is 5. The minimum Gasteiger partial charge on any atom is -0.481 e. The van der Waals surface area contributed by atoms with Crippen molar-refractivity contribution in [3.8, 4) is 0 Å². The lowest BCUT2D eigenvalue weighted by atomic mass is 9.44. The highest BCUT2D eigenvalue weighted by Gasteiger charge is 2.59. The number of aliphatic hydroxyl groups excluding tert-OH is 1. The lowest BCUT2D eigenvalue weighted by Gasteiger charge is -2.61. The van der Waals surface area contributed by atoms with Crippen LogP contribution in [0.1, 0.15) is 90.9 Å². The lowest BCUT2D eigenvalue weighted by Crippen LogP contribution is -2.53. The maximum absolute atomic E-state index is 11.1. The van der Waals surface area contributed by atoms with Crippen LogP contribution in [-0.4, -0.2) is 35.1 Å². The van der Waals surface area contributed by atoms with Gasteiger partial charge in [0, 0.05) is 12.8 Å². The molecule has 5 heteroatoms. The van der Waals surface area contributed by atoms with Gasteiger partial charge in [0.1, 0.15) is 6.29 Å². The number of nitrogens with two attached hydrogens (primary N) is 1. The van der Waals surface area contributed by atoms with Crippen LogP contribution in [0.15, 0.2) is 0 Å². The summed E-state index contributed by atoms with van der Waals surface area (Å²) in [5, 5.41) is 18.1. The Kier molecular flexibility index (Phi) is 7.66. The Bertz CT molecular complexity index is 610. The van der Waals surface area contributed by atoms with E-state index in [9.17, 15) is 14.7 Å². The molecular formula is C25H43NO4. The molecule has 0 amide bonds. The molecule has 4 rings (SSSR count). The maximum atomic E-state index is 11.1. The zero-order valence-corrected chi connectivity index (χ0v) is 19.0. The molecular weight excluding hydrogens is 378 g/mol. The molecule has 172 valence electrons. The number of hydrogen-bond acceptors (Lipinski definition) is 4. The van der Waals surface area contributed by atoms with E-state index in [-0.39, 0.29) is 12.5 Å². The predicted octanol–water partition coefficient (Wildman–Crippen LogP) is 4.41. The zero-order valence-electron chi connectivity index (χ0n) is 19.0. The van der Waals surface area contributed by atoms with Crippen molar-refractivity contribution in [1.82, 2.24) is 0 Å². The molecule has 0 aromatic rings. The normalized spacial score (nSPS) is 44.7. The second-order valence-electron chi connectivity index (χ2n) is 11.1. The second-order valence-corrected chi connectivity index (χ2v) is 11.1. The highest BCUT2D eigenvalue weighted by Crippen LogP contribution is 2.67. The minimum atomic E-state index is -0.773.